The van der Waals surface area contributed by atoms with E-state index in [2.05, 4.69) is 10.5 Å². The van der Waals surface area contributed by atoms with Crippen LogP contribution in [0.2, 0.25) is 0 Å². The fourth-order valence-electron chi connectivity index (χ4n) is 2.26. The molecule has 0 saturated heterocycles. The number of amides is 1. The smallest absolute Gasteiger partial charge is 0.271 e. The first-order chi connectivity index (χ1) is 12.7. The number of hydrogen-bond donors (Lipinski definition) is 2. The molecule has 0 aromatic heterocycles. The van der Waals surface area contributed by atoms with Gasteiger partial charge in [0.1, 0.15) is 12.4 Å². The quantitative estimate of drug-likeness (QED) is 0.407. The molecular formula is C21H19N3O2. The topological polar surface area (TPSA) is 76.7 Å². The van der Waals surface area contributed by atoms with E-state index >= 15 is 0 Å². The zero-order valence-electron chi connectivity index (χ0n) is 14.1. The van der Waals surface area contributed by atoms with Gasteiger partial charge in [-0.15, -0.1) is 0 Å². The third kappa shape index (κ3) is 4.95. The lowest BCUT2D eigenvalue weighted by molar-refractivity contribution is 0.0955. The van der Waals surface area contributed by atoms with Crippen LogP contribution in [0, 0.1) is 0 Å². The summed E-state index contributed by atoms with van der Waals surface area (Å²) in [5, 5.41) is 3.97. The van der Waals surface area contributed by atoms with Crippen LogP contribution in [-0.2, 0) is 6.61 Å². The minimum absolute atomic E-state index is 0.288. The Labute approximate surface area is 152 Å². The Bertz CT molecular complexity index is 873. The van der Waals surface area contributed by atoms with Crippen LogP contribution in [0.4, 0.5) is 5.69 Å². The molecule has 0 atom stereocenters. The summed E-state index contributed by atoms with van der Waals surface area (Å²) in [6.07, 6.45) is 1.58. The number of rotatable bonds is 6. The number of carbonyl (C=O) groups is 1. The van der Waals surface area contributed by atoms with Crippen LogP contribution in [0.1, 0.15) is 21.5 Å². The Hall–Kier alpha value is -3.60. The average Bonchev–Trinajstić information content (AvgIpc) is 2.68. The third-order valence-corrected chi connectivity index (χ3v) is 3.68. The van der Waals surface area contributed by atoms with Gasteiger partial charge in [-0.05, 0) is 59.7 Å². The number of hydrazone groups is 1. The molecule has 0 unspecified atom stereocenters. The van der Waals surface area contributed by atoms with Gasteiger partial charge in [-0.25, -0.2) is 5.43 Å². The minimum Gasteiger partial charge on any atom is -0.489 e. The molecule has 5 heteroatoms. The molecule has 3 rings (SSSR count). The van der Waals surface area contributed by atoms with Crippen molar-refractivity contribution in [3.05, 3.63) is 95.6 Å². The van der Waals surface area contributed by atoms with E-state index in [9.17, 15) is 4.79 Å². The van der Waals surface area contributed by atoms with Crippen molar-refractivity contribution in [2.75, 3.05) is 5.73 Å². The van der Waals surface area contributed by atoms with Crippen LogP contribution >= 0.6 is 0 Å². The first-order valence-electron chi connectivity index (χ1n) is 8.16. The Kier molecular flexibility index (Phi) is 5.62. The lowest BCUT2D eigenvalue weighted by Gasteiger charge is -2.06. The minimum atomic E-state index is -0.288. The largest absolute Gasteiger partial charge is 0.489 e. The molecule has 5 nitrogen and oxygen atoms in total. The molecule has 26 heavy (non-hydrogen) atoms. The summed E-state index contributed by atoms with van der Waals surface area (Å²) in [4.78, 5) is 11.9. The van der Waals surface area contributed by atoms with Gasteiger partial charge < -0.3 is 10.5 Å². The van der Waals surface area contributed by atoms with Gasteiger partial charge >= 0.3 is 0 Å². The van der Waals surface area contributed by atoms with Crippen molar-refractivity contribution in [1.29, 1.82) is 0 Å². The summed E-state index contributed by atoms with van der Waals surface area (Å²) in [6.45, 7) is 0.520. The number of anilines is 1. The number of nitrogen functional groups attached to an aromatic ring is 1. The monoisotopic (exact) mass is 345 g/mol. The maximum Gasteiger partial charge on any atom is 0.271 e. The first-order valence-corrected chi connectivity index (χ1v) is 8.16. The number of nitrogens with zero attached hydrogens (tertiary/aromatic N) is 1. The molecule has 0 saturated carbocycles. The molecular weight excluding hydrogens is 326 g/mol. The van der Waals surface area contributed by atoms with Crippen LogP contribution in [0.15, 0.2) is 84.0 Å². The van der Waals surface area contributed by atoms with Crippen molar-refractivity contribution in [1.82, 2.24) is 5.43 Å². The van der Waals surface area contributed by atoms with Crippen LogP contribution in [0.3, 0.4) is 0 Å². The number of hydrogen-bond acceptors (Lipinski definition) is 4. The summed E-state index contributed by atoms with van der Waals surface area (Å²) >= 11 is 0. The Balaban J connectivity index is 1.51. The highest BCUT2D eigenvalue weighted by Gasteiger charge is 2.02. The van der Waals surface area contributed by atoms with E-state index in [1.54, 1.807) is 30.5 Å². The van der Waals surface area contributed by atoms with Gasteiger partial charge in [0.05, 0.1) is 6.21 Å². The number of carbonyl (C=O) groups excluding carboxylic acids is 1. The highest BCUT2D eigenvalue weighted by atomic mass is 16.5. The third-order valence-electron chi connectivity index (χ3n) is 3.68. The molecule has 3 N–H and O–H groups in total. The average molecular weight is 345 g/mol. The first kappa shape index (κ1) is 17.2. The molecule has 1 amide bonds. The Morgan fingerprint density at radius 2 is 1.65 bits per heavy atom. The molecule has 3 aromatic carbocycles. The van der Waals surface area contributed by atoms with Crippen LogP contribution in [0.5, 0.6) is 5.75 Å². The Morgan fingerprint density at radius 1 is 0.962 bits per heavy atom. The van der Waals surface area contributed by atoms with Crippen molar-refractivity contribution >= 4 is 17.8 Å². The fourth-order valence-corrected chi connectivity index (χ4v) is 2.26. The molecule has 130 valence electrons. The predicted octanol–water partition coefficient (Wildman–Crippen LogP) is 3.61. The summed E-state index contributed by atoms with van der Waals surface area (Å²) in [6, 6.07) is 24.1. The lowest BCUT2D eigenvalue weighted by atomic mass is 10.2. The molecule has 0 radical (unpaired) electrons. The maximum atomic E-state index is 11.9. The second-order valence-electron chi connectivity index (χ2n) is 5.66. The van der Waals surface area contributed by atoms with Crippen molar-refractivity contribution in [3.8, 4) is 5.75 Å². The second kappa shape index (κ2) is 8.48. The molecule has 0 aliphatic heterocycles. The van der Waals surface area contributed by atoms with Crippen LogP contribution < -0.4 is 15.9 Å². The van der Waals surface area contributed by atoms with E-state index in [4.69, 9.17) is 10.5 Å². The van der Waals surface area contributed by atoms with Gasteiger partial charge in [-0.1, -0.05) is 30.3 Å². The summed E-state index contributed by atoms with van der Waals surface area (Å²) < 4.78 is 5.73. The fraction of sp³-hybridized carbons (Fsp3) is 0.0476. The van der Waals surface area contributed by atoms with Crippen molar-refractivity contribution in [2.24, 2.45) is 5.10 Å². The normalized spacial score (nSPS) is 10.6. The molecule has 0 bridgehead atoms. The zero-order valence-corrected chi connectivity index (χ0v) is 14.1. The molecule has 0 spiro atoms. The second-order valence-corrected chi connectivity index (χ2v) is 5.66. The predicted molar refractivity (Wildman–Crippen MR) is 103 cm³/mol. The highest BCUT2D eigenvalue weighted by molar-refractivity contribution is 5.95. The van der Waals surface area contributed by atoms with E-state index < -0.39 is 0 Å². The lowest BCUT2D eigenvalue weighted by Crippen LogP contribution is -2.17. The zero-order chi connectivity index (χ0) is 18.2. The van der Waals surface area contributed by atoms with Gasteiger partial charge in [-0.3, -0.25) is 4.79 Å². The number of ether oxygens (including phenoxy) is 1. The number of nitrogens with one attached hydrogen (secondary N) is 1. The molecule has 3 aromatic rings. The summed E-state index contributed by atoms with van der Waals surface area (Å²) in [5.41, 5.74) is 11.2. The number of benzene rings is 3. The van der Waals surface area contributed by atoms with E-state index in [0.29, 0.717) is 17.9 Å². The number of nitrogens with two attached hydrogens (primary N) is 1. The SMILES string of the molecule is Nc1ccc(C(=O)N/N=C/c2ccc(OCc3ccccc3)cc2)cc1. The standard InChI is InChI=1S/C21H19N3O2/c22-19-10-8-18(9-11-19)21(25)24-23-14-16-6-12-20(13-7-16)26-15-17-4-2-1-3-5-17/h1-14H,15,22H2,(H,24,25)/b23-14+. The van der Waals surface area contributed by atoms with Gasteiger partial charge in [-0.2, -0.15) is 5.10 Å². The highest BCUT2D eigenvalue weighted by Crippen LogP contribution is 2.13. The van der Waals surface area contributed by atoms with E-state index in [-0.39, 0.29) is 5.91 Å². The van der Waals surface area contributed by atoms with Crippen LogP contribution in [0.25, 0.3) is 0 Å². The van der Waals surface area contributed by atoms with Crippen molar-refractivity contribution in [3.63, 3.8) is 0 Å². The van der Waals surface area contributed by atoms with E-state index in [1.165, 1.54) is 0 Å². The molecule has 0 aliphatic carbocycles. The van der Waals surface area contributed by atoms with Gasteiger partial charge in [0, 0.05) is 11.3 Å². The molecule has 0 fully saturated rings. The van der Waals surface area contributed by atoms with Crippen LogP contribution in [-0.4, -0.2) is 12.1 Å². The summed E-state index contributed by atoms with van der Waals surface area (Å²) in [5.74, 6) is 0.487. The maximum absolute atomic E-state index is 11.9. The van der Waals surface area contributed by atoms with Gasteiger partial charge in [0.15, 0.2) is 0 Å². The molecule has 0 aliphatic rings. The van der Waals surface area contributed by atoms with Crippen molar-refractivity contribution < 1.29 is 9.53 Å². The Morgan fingerprint density at radius 3 is 2.35 bits per heavy atom. The summed E-state index contributed by atoms with van der Waals surface area (Å²) in [7, 11) is 0. The molecule has 0 heterocycles. The van der Waals surface area contributed by atoms with E-state index in [0.717, 1.165) is 16.9 Å². The van der Waals surface area contributed by atoms with E-state index in [1.807, 2.05) is 54.6 Å². The van der Waals surface area contributed by atoms with Gasteiger partial charge in [0.2, 0.25) is 0 Å². The van der Waals surface area contributed by atoms with Crippen molar-refractivity contribution in [2.45, 2.75) is 6.61 Å². The van der Waals surface area contributed by atoms with Gasteiger partial charge in [0.25, 0.3) is 5.91 Å².